The smallest absolute Gasteiger partial charge is 0.288 e. The summed E-state index contributed by atoms with van der Waals surface area (Å²) in [6.45, 7) is 7.38. The van der Waals surface area contributed by atoms with E-state index in [9.17, 15) is 4.79 Å². The molecule has 1 unspecified atom stereocenters. The number of rotatable bonds is 2. The van der Waals surface area contributed by atoms with E-state index in [-0.39, 0.29) is 5.56 Å². The van der Waals surface area contributed by atoms with E-state index in [1.165, 1.54) is 17.7 Å². The van der Waals surface area contributed by atoms with Gasteiger partial charge in [-0.3, -0.25) is 4.79 Å². The molecule has 0 radical (unpaired) electrons. The minimum atomic E-state index is -0.0768. The van der Waals surface area contributed by atoms with E-state index < -0.39 is 0 Å². The Morgan fingerprint density at radius 1 is 1.53 bits per heavy atom. The van der Waals surface area contributed by atoms with Gasteiger partial charge in [-0.15, -0.1) is 0 Å². The molecular formula is C13H17N3O. The molecule has 3 rings (SSSR count). The minimum absolute atomic E-state index is 0.0768. The van der Waals surface area contributed by atoms with Gasteiger partial charge < -0.3 is 4.57 Å². The molecule has 0 amide bonds. The van der Waals surface area contributed by atoms with E-state index in [4.69, 9.17) is 0 Å². The number of fused-ring (bicyclic) bond motifs is 1. The molecule has 1 saturated carbocycles. The van der Waals surface area contributed by atoms with Gasteiger partial charge >= 0.3 is 0 Å². The first kappa shape index (κ1) is 10.6. The Morgan fingerprint density at radius 2 is 2.24 bits per heavy atom. The summed E-state index contributed by atoms with van der Waals surface area (Å²) in [5.74, 6) is 1.53. The van der Waals surface area contributed by atoms with Gasteiger partial charge in [0.25, 0.3) is 5.56 Å². The number of nitrogens with one attached hydrogen (secondary N) is 1. The first-order chi connectivity index (χ1) is 8.09. The molecule has 0 saturated heterocycles. The van der Waals surface area contributed by atoms with Crippen LogP contribution in [0.25, 0.3) is 10.9 Å². The largest absolute Gasteiger partial charge is 0.340 e. The average molecular weight is 231 g/mol. The maximum atomic E-state index is 11.9. The van der Waals surface area contributed by atoms with Crippen molar-refractivity contribution in [2.24, 2.45) is 11.8 Å². The van der Waals surface area contributed by atoms with Gasteiger partial charge in [-0.1, -0.05) is 6.92 Å². The molecule has 0 aliphatic heterocycles. The number of hydrogen-bond donors (Lipinski definition) is 1. The number of hydrogen-bond acceptors (Lipinski definition) is 2. The molecule has 17 heavy (non-hydrogen) atoms. The van der Waals surface area contributed by atoms with Crippen molar-refractivity contribution in [3.05, 3.63) is 27.8 Å². The molecule has 2 aromatic heterocycles. The third-order valence-electron chi connectivity index (χ3n) is 4.14. The first-order valence-corrected chi connectivity index (χ1v) is 6.12. The number of aromatic amines is 1. The summed E-state index contributed by atoms with van der Waals surface area (Å²) >= 11 is 0. The predicted octanol–water partition coefficient (Wildman–Crippen LogP) is 2.00. The standard InChI is InChI=1S/C13H17N3O/c1-7-4-10(7)6-16-9(3)8(2)11-5-14-15-13(17)12(11)16/h5,7,10H,4,6H2,1-3H3,(H,15,17)/t7-,10?/m0/s1. The molecular weight excluding hydrogens is 214 g/mol. The lowest BCUT2D eigenvalue weighted by Gasteiger charge is -2.06. The zero-order chi connectivity index (χ0) is 12.2. The zero-order valence-corrected chi connectivity index (χ0v) is 10.4. The van der Waals surface area contributed by atoms with Crippen molar-refractivity contribution in [3.8, 4) is 0 Å². The minimum Gasteiger partial charge on any atom is -0.340 e. The van der Waals surface area contributed by atoms with Gasteiger partial charge in [0.2, 0.25) is 0 Å². The van der Waals surface area contributed by atoms with Gasteiger partial charge in [0, 0.05) is 17.6 Å². The topological polar surface area (TPSA) is 50.7 Å². The third kappa shape index (κ3) is 1.51. The molecule has 0 aromatic carbocycles. The lowest BCUT2D eigenvalue weighted by Crippen LogP contribution is -2.13. The second-order valence-electron chi connectivity index (χ2n) is 5.26. The van der Waals surface area contributed by atoms with Crippen molar-refractivity contribution in [1.82, 2.24) is 14.8 Å². The molecule has 1 aliphatic carbocycles. The van der Waals surface area contributed by atoms with Crippen LogP contribution in [0.4, 0.5) is 0 Å². The second-order valence-corrected chi connectivity index (χ2v) is 5.26. The zero-order valence-electron chi connectivity index (χ0n) is 10.4. The van der Waals surface area contributed by atoms with E-state index in [1.807, 2.05) is 0 Å². The Hall–Kier alpha value is -1.58. The van der Waals surface area contributed by atoms with Crippen LogP contribution in [-0.4, -0.2) is 14.8 Å². The molecule has 1 fully saturated rings. The van der Waals surface area contributed by atoms with Crippen molar-refractivity contribution in [2.45, 2.75) is 33.7 Å². The van der Waals surface area contributed by atoms with Crippen LogP contribution in [0.15, 0.2) is 11.0 Å². The average Bonchev–Trinajstić information content (AvgIpc) is 2.94. The molecule has 2 heterocycles. The molecule has 2 aromatic rings. The van der Waals surface area contributed by atoms with Crippen LogP contribution in [0, 0.1) is 25.7 Å². The van der Waals surface area contributed by atoms with Gasteiger partial charge in [0.15, 0.2) is 0 Å². The summed E-state index contributed by atoms with van der Waals surface area (Å²) in [7, 11) is 0. The van der Waals surface area contributed by atoms with Gasteiger partial charge in [-0.05, 0) is 37.7 Å². The summed E-state index contributed by atoms with van der Waals surface area (Å²) < 4.78 is 2.17. The van der Waals surface area contributed by atoms with Crippen LogP contribution in [0.3, 0.4) is 0 Å². The van der Waals surface area contributed by atoms with E-state index >= 15 is 0 Å². The Kier molecular flexibility index (Phi) is 2.15. The van der Waals surface area contributed by atoms with Crippen molar-refractivity contribution in [2.75, 3.05) is 0 Å². The maximum Gasteiger partial charge on any atom is 0.288 e. The molecule has 4 nitrogen and oxygen atoms in total. The highest BCUT2D eigenvalue weighted by atomic mass is 16.1. The predicted molar refractivity (Wildman–Crippen MR) is 67.1 cm³/mol. The van der Waals surface area contributed by atoms with Gasteiger partial charge in [-0.25, -0.2) is 5.10 Å². The van der Waals surface area contributed by atoms with E-state index in [1.54, 1.807) is 6.20 Å². The van der Waals surface area contributed by atoms with Crippen molar-refractivity contribution in [3.63, 3.8) is 0 Å². The van der Waals surface area contributed by atoms with Crippen LogP contribution >= 0.6 is 0 Å². The summed E-state index contributed by atoms with van der Waals surface area (Å²) in [4.78, 5) is 11.9. The fraction of sp³-hybridized carbons (Fsp3) is 0.538. The highest BCUT2D eigenvalue weighted by Gasteiger charge is 2.33. The molecule has 1 aliphatic rings. The highest BCUT2D eigenvalue weighted by Crippen LogP contribution is 2.40. The number of aromatic nitrogens is 3. The molecule has 4 heteroatoms. The molecule has 90 valence electrons. The maximum absolute atomic E-state index is 11.9. The second kappa shape index (κ2) is 3.45. The molecule has 0 spiro atoms. The Bertz CT molecular complexity index is 638. The first-order valence-electron chi connectivity index (χ1n) is 6.12. The number of H-pyrrole nitrogens is 1. The van der Waals surface area contributed by atoms with Crippen LogP contribution in [-0.2, 0) is 6.54 Å². The van der Waals surface area contributed by atoms with Gasteiger partial charge in [-0.2, -0.15) is 5.10 Å². The van der Waals surface area contributed by atoms with Crippen molar-refractivity contribution in [1.29, 1.82) is 0 Å². The molecule has 0 bridgehead atoms. The normalized spacial score (nSPS) is 23.2. The number of nitrogens with zero attached hydrogens (tertiary/aromatic N) is 2. The fourth-order valence-corrected chi connectivity index (χ4v) is 2.62. The van der Waals surface area contributed by atoms with Crippen LogP contribution in [0.5, 0.6) is 0 Å². The lowest BCUT2D eigenvalue weighted by atomic mass is 10.2. The Balaban J connectivity index is 2.21. The molecule has 1 N–H and O–H groups in total. The van der Waals surface area contributed by atoms with Crippen molar-refractivity contribution < 1.29 is 0 Å². The quantitative estimate of drug-likeness (QED) is 0.859. The number of aryl methyl sites for hydroxylation is 1. The third-order valence-corrected chi connectivity index (χ3v) is 4.14. The van der Waals surface area contributed by atoms with E-state index in [0.717, 1.165) is 29.3 Å². The fourth-order valence-electron chi connectivity index (χ4n) is 2.62. The SMILES string of the molecule is Cc1c(C)n(CC2C[C@@H]2C)c2c(=O)[nH]ncc12. The van der Waals surface area contributed by atoms with Gasteiger partial charge in [0.1, 0.15) is 5.52 Å². The summed E-state index contributed by atoms with van der Waals surface area (Å²) in [5, 5.41) is 7.41. The van der Waals surface area contributed by atoms with Crippen LogP contribution in [0.2, 0.25) is 0 Å². The summed E-state index contributed by atoms with van der Waals surface area (Å²) in [5.41, 5.74) is 3.07. The van der Waals surface area contributed by atoms with E-state index in [0.29, 0.717) is 0 Å². The summed E-state index contributed by atoms with van der Waals surface area (Å²) in [6, 6.07) is 0. The lowest BCUT2D eigenvalue weighted by molar-refractivity contribution is 0.596. The molecule has 2 atom stereocenters. The monoisotopic (exact) mass is 231 g/mol. The Morgan fingerprint density at radius 3 is 2.88 bits per heavy atom. The van der Waals surface area contributed by atoms with Gasteiger partial charge in [0.05, 0.1) is 6.20 Å². The van der Waals surface area contributed by atoms with Crippen molar-refractivity contribution >= 4 is 10.9 Å². The summed E-state index contributed by atoms with van der Waals surface area (Å²) in [6.07, 6.45) is 3.03. The van der Waals surface area contributed by atoms with Crippen LogP contribution in [0.1, 0.15) is 24.6 Å². The highest BCUT2D eigenvalue weighted by molar-refractivity contribution is 5.83. The Labute approximate surface area is 99.7 Å². The van der Waals surface area contributed by atoms with E-state index in [2.05, 4.69) is 35.5 Å². The van der Waals surface area contributed by atoms with Crippen LogP contribution < -0.4 is 5.56 Å².